The van der Waals surface area contributed by atoms with Gasteiger partial charge in [0.2, 0.25) is 0 Å². The van der Waals surface area contributed by atoms with Crippen molar-refractivity contribution in [2.45, 2.75) is 39.7 Å². The average Bonchev–Trinajstić information content (AvgIpc) is 2.14. The highest BCUT2D eigenvalue weighted by molar-refractivity contribution is 5.74. The third-order valence-electron chi connectivity index (χ3n) is 2.10. The second kappa shape index (κ2) is 7.62. The smallest absolute Gasteiger partial charge is 0.315 e. The van der Waals surface area contributed by atoms with E-state index >= 15 is 0 Å². The van der Waals surface area contributed by atoms with Gasteiger partial charge < -0.3 is 15.7 Å². The number of nitrogens with one attached hydrogen (secondary N) is 2. The van der Waals surface area contributed by atoms with Crippen molar-refractivity contribution in [2.24, 2.45) is 5.92 Å². The van der Waals surface area contributed by atoms with Crippen molar-refractivity contribution in [3.8, 4) is 0 Å². The van der Waals surface area contributed by atoms with E-state index in [0.29, 0.717) is 18.9 Å². The predicted octanol–water partition coefficient (Wildman–Crippen LogP) is 1.10. The lowest BCUT2D eigenvalue weighted by atomic mass is 10.0. The van der Waals surface area contributed by atoms with E-state index in [9.17, 15) is 4.79 Å². The monoisotopic (exact) mass is 202 g/mol. The molecule has 0 radical (unpaired) electrons. The third-order valence-corrected chi connectivity index (χ3v) is 2.10. The zero-order valence-corrected chi connectivity index (χ0v) is 9.34. The Kier molecular flexibility index (Phi) is 7.20. The fourth-order valence-electron chi connectivity index (χ4n) is 1.17. The fraction of sp³-hybridized carbons (Fsp3) is 0.900. The van der Waals surface area contributed by atoms with E-state index in [1.807, 2.05) is 20.8 Å². The Morgan fingerprint density at radius 2 is 2.07 bits per heavy atom. The van der Waals surface area contributed by atoms with Crippen molar-refractivity contribution < 1.29 is 9.90 Å². The average molecular weight is 202 g/mol. The largest absolute Gasteiger partial charge is 0.396 e. The Balaban J connectivity index is 3.83. The summed E-state index contributed by atoms with van der Waals surface area (Å²) in [6.45, 7) is 6.86. The standard InChI is InChI=1S/C10H22N2O2/c1-4-6-11-10(14)12-9(5-7-13)8(2)3/h8-9,13H,4-7H2,1-3H3,(H2,11,12,14). The first kappa shape index (κ1) is 13.2. The van der Waals surface area contributed by atoms with Crippen LogP contribution in [0.2, 0.25) is 0 Å². The van der Waals surface area contributed by atoms with E-state index in [4.69, 9.17) is 5.11 Å². The van der Waals surface area contributed by atoms with Gasteiger partial charge in [-0.2, -0.15) is 0 Å². The second-order valence-electron chi connectivity index (χ2n) is 3.76. The van der Waals surface area contributed by atoms with Crippen LogP contribution in [-0.2, 0) is 0 Å². The highest BCUT2D eigenvalue weighted by Gasteiger charge is 2.14. The van der Waals surface area contributed by atoms with E-state index in [1.54, 1.807) is 0 Å². The molecule has 4 heteroatoms. The van der Waals surface area contributed by atoms with Crippen molar-refractivity contribution in [3.63, 3.8) is 0 Å². The molecule has 84 valence electrons. The van der Waals surface area contributed by atoms with E-state index in [1.165, 1.54) is 0 Å². The van der Waals surface area contributed by atoms with Gasteiger partial charge in [-0.3, -0.25) is 0 Å². The molecule has 0 heterocycles. The van der Waals surface area contributed by atoms with Crippen molar-refractivity contribution in [1.82, 2.24) is 10.6 Å². The molecule has 0 aliphatic heterocycles. The van der Waals surface area contributed by atoms with Crippen molar-refractivity contribution in [2.75, 3.05) is 13.2 Å². The first-order valence-electron chi connectivity index (χ1n) is 5.27. The zero-order chi connectivity index (χ0) is 11.0. The van der Waals surface area contributed by atoms with Gasteiger partial charge >= 0.3 is 6.03 Å². The number of hydrogen-bond donors (Lipinski definition) is 3. The van der Waals surface area contributed by atoms with Crippen molar-refractivity contribution >= 4 is 6.03 Å². The van der Waals surface area contributed by atoms with Gasteiger partial charge in [0.25, 0.3) is 0 Å². The minimum absolute atomic E-state index is 0.0526. The van der Waals surface area contributed by atoms with Crippen molar-refractivity contribution in [1.29, 1.82) is 0 Å². The summed E-state index contributed by atoms with van der Waals surface area (Å²) in [6.07, 6.45) is 1.54. The number of carbonyl (C=O) groups is 1. The molecule has 4 nitrogen and oxygen atoms in total. The SMILES string of the molecule is CCCNC(=O)NC(CCO)C(C)C. The molecule has 0 rings (SSSR count). The molecule has 0 fully saturated rings. The molecule has 0 aromatic carbocycles. The molecule has 0 saturated carbocycles. The van der Waals surface area contributed by atoms with Gasteiger partial charge in [-0.05, 0) is 18.8 Å². The third kappa shape index (κ3) is 5.80. The van der Waals surface area contributed by atoms with Crippen LogP contribution >= 0.6 is 0 Å². The van der Waals surface area contributed by atoms with Gasteiger partial charge in [-0.25, -0.2) is 4.79 Å². The minimum Gasteiger partial charge on any atom is -0.396 e. The van der Waals surface area contributed by atoms with Crippen LogP contribution in [0.1, 0.15) is 33.6 Å². The number of aliphatic hydroxyl groups is 1. The molecule has 0 spiro atoms. The summed E-state index contributed by atoms with van der Waals surface area (Å²) < 4.78 is 0. The Morgan fingerprint density at radius 3 is 2.50 bits per heavy atom. The van der Waals surface area contributed by atoms with Gasteiger partial charge in [0, 0.05) is 19.2 Å². The molecule has 1 atom stereocenters. The Bertz CT molecular complexity index is 160. The Morgan fingerprint density at radius 1 is 1.43 bits per heavy atom. The van der Waals surface area contributed by atoms with Gasteiger partial charge in [-0.15, -0.1) is 0 Å². The van der Waals surface area contributed by atoms with Gasteiger partial charge in [0.15, 0.2) is 0 Å². The summed E-state index contributed by atoms with van der Waals surface area (Å²) in [6, 6.07) is -0.0872. The van der Waals surface area contributed by atoms with E-state index < -0.39 is 0 Å². The number of amides is 2. The predicted molar refractivity (Wildman–Crippen MR) is 57.2 cm³/mol. The number of aliphatic hydroxyl groups excluding tert-OH is 1. The summed E-state index contributed by atoms with van der Waals surface area (Å²) in [7, 11) is 0. The molecule has 0 aliphatic carbocycles. The van der Waals surface area contributed by atoms with Crippen LogP contribution in [-0.4, -0.2) is 30.3 Å². The lowest BCUT2D eigenvalue weighted by molar-refractivity contribution is 0.219. The summed E-state index contributed by atoms with van der Waals surface area (Å²) in [5.41, 5.74) is 0. The number of rotatable bonds is 6. The van der Waals surface area contributed by atoms with Crippen LogP contribution in [0.25, 0.3) is 0 Å². The molecule has 1 unspecified atom stereocenters. The maximum atomic E-state index is 11.3. The molecule has 3 N–H and O–H groups in total. The molecule has 2 amide bonds. The highest BCUT2D eigenvalue weighted by atomic mass is 16.3. The van der Waals surface area contributed by atoms with Crippen LogP contribution in [0.5, 0.6) is 0 Å². The lowest BCUT2D eigenvalue weighted by Gasteiger charge is -2.21. The molecule has 0 aromatic rings. The van der Waals surface area contributed by atoms with E-state index in [-0.39, 0.29) is 18.7 Å². The molecule has 0 bridgehead atoms. The van der Waals surface area contributed by atoms with Crippen LogP contribution in [0.4, 0.5) is 4.79 Å². The maximum Gasteiger partial charge on any atom is 0.315 e. The zero-order valence-electron chi connectivity index (χ0n) is 9.34. The number of hydrogen-bond acceptors (Lipinski definition) is 2. The minimum atomic E-state index is -0.140. The summed E-state index contributed by atoms with van der Waals surface area (Å²) >= 11 is 0. The highest BCUT2D eigenvalue weighted by Crippen LogP contribution is 2.04. The summed E-state index contributed by atoms with van der Waals surface area (Å²) in [5, 5.41) is 14.4. The molecular weight excluding hydrogens is 180 g/mol. The maximum absolute atomic E-state index is 11.3. The first-order chi connectivity index (χ1) is 6.61. The summed E-state index contributed by atoms with van der Waals surface area (Å²) in [4.78, 5) is 11.3. The lowest BCUT2D eigenvalue weighted by Crippen LogP contribution is -2.45. The Labute approximate surface area is 86.1 Å². The summed E-state index contributed by atoms with van der Waals surface area (Å²) in [5.74, 6) is 0.342. The van der Waals surface area contributed by atoms with Gasteiger partial charge in [0.1, 0.15) is 0 Å². The quantitative estimate of drug-likeness (QED) is 0.604. The molecule has 0 saturated heterocycles. The second-order valence-corrected chi connectivity index (χ2v) is 3.76. The molecule has 0 aromatic heterocycles. The van der Waals surface area contributed by atoms with Gasteiger partial charge in [-0.1, -0.05) is 20.8 Å². The fourth-order valence-corrected chi connectivity index (χ4v) is 1.17. The van der Waals surface area contributed by atoms with Gasteiger partial charge in [0.05, 0.1) is 0 Å². The normalized spacial score (nSPS) is 12.6. The molecule has 0 aliphatic rings. The van der Waals surface area contributed by atoms with Crippen LogP contribution < -0.4 is 10.6 Å². The topological polar surface area (TPSA) is 61.4 Å². The Hall–Kier alpha value is -0.770. The van der Waals surface area contributed by atoms with E-state index in [2.05, 4.69) is 10.6 Å². The number of urea groups is 1. The van der Waals surface area contributed by atoms with Crippen LogP contribution in [0.15, 0.2) is 0 Å². The number of carbonyl (C=O) groups excluding carboxylic acids is 1. The van der Waals surface area contributed by atoms with Crippen molar-refractivity contribution in [3.05, 3.63) is 0 Å². The molecule has 14 heavy (non-hydrogen) atoms. The van der Waals surface area contributed by atoms with E-state index in [0.717, 1.165) is 6.42 Å². The van der Waals surface area contributed by atoms with Crippen LogP contribution in [0, 0.1) is 5.92 Å². The first-order valence-corrected chi connectivity index (χ1v) is 5.27. The van der Waals surface area contributed by atoms with Crippen LogP contribution in [0.3, 0.4) is 0 Å². The molecular formula is C10H22N2O2.